The van der Waals surface area contributed by atoms with Crippen LogP contribution in [0.25, 0.3) is 0 Å². The second-order valence-electron chi connectivity index (χ2n) is 3.57. The van der Waals surface area contributed by atoms with Gasteiger partial charge in [0.1, 0.15) is 12.1 Å². The average Bonchev–Trinajstić information content (AvgIpc) is 2.20. The van der Waals surface area contributed by atoms with Crippen LogP contribution in [0.4, 0.5) is 4.39 Å². The van der Waals surface area contributed by atoms with Crippen molar-refractivity contribution in [1.82, 2.24) is 0 Å². The van der Waals surface area contributed by atoms with E-state index in [4.69, 9.17) is 15.9 Å². The highest BCUT2D eigenvalue weighted by atomic mass is 19.1. The van der Waals surface area contributed by atoms with Crippen LogP contribution in [0.1, 0.15) is 35.3 Å². The molecule has 0 aliphatic carbocycles. The summed E-state index contributed by atoms with van der Waals surface area (Å²) in [5.41, 5.74) is 6.34. The van der Waals surface area contributed by atoms with Crippen molar-refractivity contribution in [2.45, 2.75) is 33.5 Å². The van der Waals surface area contributed by atoms with E-state index in [0.717, 1.165) is 0 Å². The minimum Gasteiger partial charge on any atom is -0.368 e. The van der Waals surface area contributed by atoms with Crippen molar-refractivity contribution in [1.29, 1.82) is 0 Å². The van der Waals surface area contributed by atoms with Crippen molar-refractivity contribution in [3.8, 4) is 0 Å². The number of aliphatic hydroxyl groups excluding tert-OH is 1. The summed E-state index contributed by atoms with van der Waals surface area (Å²) in [4.78, 5) is 10.9. The highest BCUT2D eigenvalue weighted by Gasteiger charge is 2.12. The number of carbonyl (C=O) groups is 1. The van der Waals surface area contributed by atoms with Gasteiger partial charge in [0.25, 0.3) is 0 Å². The summed E-state index contributed by atoms with van der Waals surface area (Å²) in [5, 5.41) is 15.2. The van der Waals surface area contributed by atoms with Gasteiger partial charge in [0.05, 0.1) is 0 Å². The summed E-state index contributed by atoms with van der Waals surface area (Å²) in [5.74, 6) is -0.894. The molecule has 0 aliphatic heterocycles. The van der Waals surface area contributed by atoms with Gasteiger partial charge in [-0.3, -0.25) is 4.79 Å². The van der Waals surface area contributed by atoms with E-state index in [1.54, 1.807) is 26.0 Å². The van der Waals surface area contributed by atoms with E-state index in [1.807, 2.05) is 0 Å². The zero-order valence-corrected chi connectivity index (χ0v) is 10.2. The Morgan fingerprint density at radius 2 is 1.94 bits per heavy atom. The standard InChI is InChI=1S/C10H12FNO.C2H6O2/c1-3-7-8(10(12)13)5-4-6(2)9(7)11;1-2(3)4/h4-5H,3H2,1-2H3,(H2,12,13);2-4H,1H3. The fourth-order valence-electron chi connectivity index (χ4n) is 1.31. The third-order valence-electron chi connectivity index (χ3n) is 2.06. The number of carbonyl (C=O) groups excluding carboxylic acids is 1. The fourth-order valence-corrected chi connectivity index (χ4v) is 1.31. The number of halogens is 1. The molecule has 4 nitrogen and oxygen atoms in total. The van der Waals surface area contributed by atoms with Crippen molar-refractivity contribution in [3.63, 3.8) is 0 Å². The molecule has 1 aromatic carbocycles. The first-order valence-corrected chi connectivity index (χ1v) is 5.25. The van der Waals surface area contributed by atoms with Crippen LogP contribution in [0.3, 0.4) is 0 Å². The Morgan fingerprint density at radius 1 is 1.47 bits per heavy atom. The summed E-state index contributed by atoms with van der Waals surface area (Å²) < 4.78 is 13.4. The molecule has 96 valence electrons. The molecule has 17 heavy (non-hydrogen) atoms. The Labute approximate surface area is 99.9 Å². The zero-order valence-electron chi connectivity index (χ0n) is 10.2. The molecule has 0 saturated heterocycles. The van der Waals surface area contributed by atoms with Gasteiger partial charge in [0.15, 0.2) is 0 Å². The van der Waals surface area contributed by atoms with Crippen molar-refractivity contribution < 1.29 is 19.4 Å². The van der Waals surface area contributed by atoms with Crippen molar-refractivity contribution in [2.75, 3.05) is 0 Å². The Morgan fingerprint density at radius 3 is 2.29 bits per heavy atom. The largest absolute Gasteiger partial charge is 0.368 e. The van der Waals surface area contributed by atoms with Gasteiger partial charge in [0, 0.05) is 11.1 Å². The van der Waals surface area contributed by atoms with E-state index in [-0.39, 0.29) is 11.4 Å². The normalized spacial score (nSPS) is 9.82. The van der Waals surface area contributed by atoms with Gasteiger partial charge in [-0.05, 0) is 31.9 Å². The molecule has 0 fully saturated rings. The molecule has 1 amide bonds. The Balaban J connectivity index is 0.000000557. The number of nitrogens with two attached hydrogens (primary N) is 1. The molecule has 1 rings (SSSR count). The lowest BCUT2D eigenvalue weighted by Crippen LogP contribution is -2.15. The number of primary amides is 1. The first kappa shape index (κ1) is 15.5. The molecule has 0 saturated carbocycles. The molecule has 5 heteroatoms. The lowest BCUT2D eigenvalue weighted by atomic mass is 10.0. The number of hydrogen-bond donors (Lipinski definition) is 3. The second kappa shape index (κ2) is 6.98. The summed E-state index contributed by atoms with van der Waals surface area (Å²) in [6.07, 6.45) is -0.689. The Hall–Kier alpha value is -1.46. The van der Waals surface area contributed by atoms with E-state index in [1.165, 1.54) is 6.92 Å². The van der Waals surface area contributed by atoms with E-state index in [0.29, 0.717) is 17.5 Å². The number of hydrogen-bond acceptors (Lipinski definition) is 3. The first-order valence-electron chi connectivity index (χ1n) is 5.25. The summed E-state index contributed by atoms with van der Waals surface area (Å²) in [6, 6.07) is 3.13. The van der Waals surface area contributed by atoms with Gasteiger partial charge in [-0.25, -0.2) is 4.39 Å². The van der Waals surface area contributed by atoms with Gasteiger partial charge >= 0.3 is 0 Å². The molecular formula is C12H18FNO3. The lowest BCUT2D eigenvalue weighted by molar-refractivity contribution is -0.0228. The Kier molecular flexibility index (Phi) is 6.38. The van der Waals surface area contributed by atoms with Crippen LogP contribution >= 0.6 is 0 Å². The van der Waals surface area contributed by atoms with Gasteiger partial charge in [0.2, 0.25) is 5.91 Å². The number of aryl methyl sites for hydroxylation is 1. The molecule has 0 heterocycles. The first-order chi connectivity index (χ1) is 7.81. The van der Waals surface area contributed by atoms with Gasteiger partial charge in [-0.1, -0.05) is 13.0 Å². The van der Waals surface area contributed by atoms with Crippen LogP contribution in [0.15, 0.2) is 12.1 Å². The maximum Gasteiger partial charge on any atom is 0.249 e. The van der Waals surface area contributed by atoms with Crippen LogP contribution in [0.2, 0.25) is 0 Å². The maximum absolute atomic E-state index is 13.4. The van der Waals surface area contributed by atoms with E-state index in [9.17, 15) is 9.18 Å². The lowest BCUT2D eigenvalue weighted by Gasteiger charge is -2.07. The predicted molar refractivity (Wildman–Crippen MR) is 62.9 cm³/mol. The van der Waals surface area contributed by atoms with Gasteiger partial charge < -0.3 is 15.9 Å². The zero-order chi connectivity index (χ0) is 13.6. The summed E-state index contributed by atoms with van der Waals surface area (Å²) >= 11 is 0. The average molecular weight is 243 g/mol. The van der Waals surface area contributed by atoms with Crippen LogP contribution in [0, 0.1) is 12.7 Å². The Bertz CT molecular complexity index is 389. The molecule has 0 unspecified atom stereocenters. The summed E-state index contributed by atoms with van der Waals surface area (Å²) in [6.45, 7) is 4.74. The van der Waals surface area contributed by atoms with Crippen LogP contribution in [-0.4, -0.2) is 22.4 Å². The number of benzene rings is 1. The van der Waals surface area contributed by atoms with Crippen molar-refractivity contribution >= 4 is 5.91 Å². The number of aliphatic hydroxyl groups is 2. The molecule has 0 bridgehead atoms. The highest BCUT2D eigenvalue weighted by molar-refractivity contribution is 5.94. The van der Waals surface area contributed by atoms with Crippen LogP contribution in [0.5, 0.6) is 0 Å². The van der Waals surface area contributed by atoms with Crippen LogP contribution < -0.4 is 5.73 Å². The molecule has 0 aliphatic rings. The SMILES string of the molecule is CC(O)O.CCc1c(C(N)=O)ccc(C)c1F. The highest BCUT2D eigenvalue weighted by Crippen LogP contribution is 2.17. The fraction of sp³-hybridized carbons (Fsp3) is 0.417. The van der Waals surface area contributed by atoms with Gasteiger partial charge in [-0.15, -0.1) is 0 Å². The minimum absolute atomic E-state index is 0.283. The van der Waals surface area contributed by atoms with Crippen LogP contribution in [-0.2, 0) is 6.42 Å². The monoisotopic (exact) mass is 243 g/mol. The van der Waals surface area contributed by atoms with E-state index in [2.05, 4.69) is 0 Å². The maximum atomic E-state index is 13.4. The second-order valence-corrected chi connectivity index (χ2v) is 3.57. The quantitative estimate of drug-likeness (QED) is 0.680. The minimum atomic E-state index is -1.17. The molecule has 0 spiro atoms. The molecule has 1 aromatic rings. The van der Waals surface area contributed by atoms with Crippen molar-refractivity contribution in [3.05, 3.63) is 34.6 Å². The van der Waals surface area contributed by atoms with E-state index >= 15 is 0 Å². The predicted octanol–water partition coefficient (Wildman–Crippen LogP) is 1.11. The smallest absolute Gasteiger partial charge is 0.249 e. The number of rotatable bonds is 2. The number of amides is 1. The molecule has 0 atom stereocenters. The molecular weight excluding hydrogens is 225 g/mol. The third kappa shape index (κ3) is 4.93. The molecule has 0 aromatic heterocycles. The van der Waals surface area contributed by atoms with Crippen molar-refractivity contribution in [2.24, 2.45) is 5.73 Å². The molecule has 0 radical (unpaired) electrons. The topological polar surface area (TPSA) is 83.6 Å². The van der Waals surface area contributed by atoms with E-state index < -0.39 is 12.2 Å². The molecule has 4 N–H and O–H groups in total. The summed E-state index contributed by atoms with van der Waals surface area (Å²) in [7, 11) is 0. The third-order valence-corrected chi connectivity index (χ3v) is 2.06. The van der Waals surface area contributed by atoms with Gasteiger partial charge in [-0.2, -0.15) is 0 Å².